The highest BCUT2D eigenvalue weighted by molar-refractivity contribution is 5.95. The molecular weight excluding hydrogens is 364 g/mol. The summed E-state index contributed by atoms with van der Waals surface area (Å²) in [6, 6.07) is 12.1. The third-order valence-corrected chi connectivity index (χ3v) is 4.52. The molecule has 1 aliphatic rings. The van der Waals surface area contributed by atoms with Crippen molar-refractivity contribution in [2.45, 2.75) is 0 Å². The first kappa shape index (κ1) is 19.6. The molecule has 2 aromatic rings. The van der Waals surface area contributed by atoms with Crippen LogP contribution in [-0.4, -0.2) is 56.5 Å². The van der Waals surface area contributed by atoms with Gasteiger partial charge in [0.05, 0.1) is 6.54 Å². The molecule has 0 aliphatic carbocycles. The minimum Gasteiger partial charge on any atom is -0.368 e. The van der Waals surface area contributed by atoms with E-state index >= 15 is 0 Å². The molecule has 0 saturated carbocycles. The molecule has 1 amide bonds. The van der Waals surface area contributed by atoms with Crippen molar-refractivity contribution < 1.29 is 13.6 Å². The van der Waals surface area contributed by atoms with Gasteiger partial charge in [-0.15, -0.1) is 0 Å². The number of halogens is 2. The van der Waals surface area contributed by atoms with Crippen LogP contribution in [0.5, 0.6) is 0 Å². The molecule has 0 bridgehead atoms. The number of nitrogens with one attached hydrogen (secondary N) is 2. The Morgan fingerprint density at radius 1 is 0.964 bits per heavy atom. The van der Waals surface area contributed by atoms with E-state index in [4.69, 9.17) is 0 Å². The molecule has 0 spiro atoms. The van der Waals surface area contributed by atoms with Crippen molar-refractivity contribution in [2.24, 2.45) is 4.99 Å². The Bertz CT molecular complexity index is 815. The second-order valence-corrected chi connectivity index (χ2v) is 6.41. The molecule has 1 heterocycles. The normalized spacial score (nSPS) is 14.8. The Kier molecular flexibility index (Phi) is 6.41. The third-order valence-electron chi connectivity index (χ3n) is 4.52. The van der Waals surface area contributed by atoms with Gasteiger partial charge in [-0.1, -0.05) is 0 Å². The van der Waals surface area contributed by atoms with Crippen molar-refractivity contribution in [1.82, 2.24) is 10.2 Å². The summed E-state index contributed by atoms with van der Waals surface area (Å²) in [4.78, 5) is 20.6. The van der Waals surface area contributed by atoms with Crippen LogP contribution in [0.3, 0.4) is 0 Å². The summed E-state index contributed by atoms with van der Waals surface area (Å²) in [6.07, 6.45) is 0. The predicted molar refractivity (Wildman–Crippen MR) is 107 cm³/mol. The number of rotatable bonds is 4. The molecule has 6 nitrogen and oxygen atoms in total. The third kappa shape index (κ3) is 5.18. The van der Waals surface area contributed by atoms with Gasteiger partial charge in [0.1, 0.15) is 11.6 Å². The van der Waals surface area contributed by atoms with Gasteiger partial charge in [-0.25, -0.2) is 8.78 Å². The Hall–Kier alpha value is -3.16. The van der Waals surface area contributed by atoms with Gasteiger partial charge in [0.25, 0.3) is 0 Å². The zero-order valence-corrected chi connectivity index (χ0v) is 15.7. The average molecular weight is 387 g/mol. The van der Waals surface area contributed by atoms with Crippen LogP contribution >= 0.6 is 0 Å². The van der Waals surface area contributed by atoms with Gasteiger partial charge in [0, 0.05) is 44.6 Å². The fourth-order valence-corrected chi connectivity index (χ4v) is 3.06. The Balaban J connectivity index is 1.47. The van der Waals surface area contributed by atoms with E-state index in [0.717, 1.165) is 31.9 Å². The van der Waals surface area contributed by atoms with Crippen LogP contribution in [-0.2, 0) is 4.79 Å². The van der Waals surface area contributed by atoms with Crippen LogP contribution in [0.4, 0.5) is 20.2 Å². The summed E-state index contributed by atoms with van der Waals surface area (Å²) in [6.45, 7) is 3.07. The molecule has 0 atom stereocenters. The SMILES string of the molecule is CN=C(NCC(=O)Nc1ccc(F)cc1)N1CCN(c2ccc(F)cc2)CC1. The molecular formula is C20H23F2N5O. The summed E-state index contributed by atoms with van der Waals surface area (Å²) in [5.41, 5.74) is 1.53. The summed E-state index contributed by atoms with van der Waals surface area (Å²) >= 11 is 0. The highest BCUT2D eigenvalue weighted by Crippen LogP contribution is 2.17. The number of carbonyl (C=O) groups excluding carboxylic acids is 1. The average Bonchev–Trinajstić information content (AvgIpc) is 2.71. The summed E-state index contributed by atoms with van der Waals surface area (Å²) in [7, 11) is 1.67. The van der Waals surface area contributed by atoms with E-state index in [9.17, 15) is 13.6 Å². The molecule has 8 heteroatoms. The van der Waals surface area contributed by atoms with Crippen molar-refractivity contribution in [1.29, 1.82) is 0 Å². The van der Waals surface area contributed by atoms with E-state index in [1.807, 2.05) is 0 Å². The minimum atomic E-state index is -0.351. The standard InChI is InChI=1S/C20H23F2N5O/c1-23-20(24-14-19(28)25-17-6-2-15(21)3-7-17)27-12-10-26(11-13-27)18-8-4-16(22)5-9-18/h2-9H,10-14H2,1H3,(H,23,24)(H,25,28). The smallest absolute Gasteiger partial charge is 0.243 e. The Morgan fingerprint density at radius 2 is 1.54 bits per heavy atom. The lowest BCUT2D eigenvalue weighted by atomic mass is 10.2. The first-order valence-electron chi connectivity index (χ1n) is 9.06. The van der Waals surface area contributed by atoms with E-state index in [0.29, 0.717) is 11.6 Å². The molecule has 0 aromatic heterocycles. The van der Waals surface area contributed by atoms with Crippen LogP contribution in [0.15, 0.2) is 53.5 Å². The number of amides is 1. The summed E-state index contributed by atoms with van der Waals surface area (Å²) in [5, 5.41) is 5.76. The van der Waals surface area contributed by atoms with Crippen LogP contribution in [0.1, 0.15) is 0 Å². The molecule has 28 heavy (non-hydrogen) atoms. The highest BCUT2D eigenvalue weighted by atomic mass is 19.1. The Labute approximate surface area is 162 Å². The van der Waals surface area contributed by atoms with Crippen molar-refractivity contribution in [3.05, 3.63) is 60.2 Å². The number of benzene rings is 2. The minimum absolute atomic E-state index is 0.0578. The Morgan fingerprint density at radius 3 is 2.11 bits per heavy atom. The summed E-state index contributed by atoms with van der Waals surface area (Å²) < 4.78 is 26.0. The molecule has 1 aliphatic heterocycles. The van der Waals surface area contributed by atoms with E-state index in [-0.39, 0.29) is 24.1 Å². The lowest BCUT2D eigenvalue weighted by molar-refractivity contribution is -0.115. The summed E-state index contributed by atoms with van der Waals surface area (Å²) in [5.74, 6) is -0.187. The van der Waals surface area contributed by atoms with Crippen LogP contribution < -0.4 is 15.5 Å². The van der Waals surface area contributed by atoms with Crippen LogP contribution in [0.25, 0.3) is 0 Å². The van der Waals surface area contributed by atoms with Gasteiger partial charge in [0.2, 0.25) is 5.91 Å². The maximum atomic E-state index is 13.1. The predicted octanol–water partition coefficient (Wildman–Crippen LogP) is 2.30. The molecule has 148 valence electrons. The lowest BCUT2D eigenvalue weighted by Gasteiger charge is -2.37. The van der Waals surface area contributed by atoms with Crippen molar-refractivity contribution >= 4 is 23.2 Å². The van der Waals surface area contributed by atoms with Gasteiger partial charge in [-0.3, -0.25) is 9.79 Å². The van der Waals surface area contributed by atoms with E-state index < -0.39 is 0 Å². The maximum Gasteiger partial charge on any atom is 0.243 e. The van der Waals surface area contributed by atoms with E-state index in [1.165, 1.54) is 36.4 Å². The first-order valence-corrected chi connectivity index (χ1v) is 9.06. The number of carbonyl (C=O) groups is 1. The van der Waals surface area contributed by atoms with Crippen LogP contribution in [0, 0.1) is 11.6 Å². The molecule has 1 fully saturated rings. The van der Waals surface area contributed by atoms with E-state index in [1.54, 1.807) is 19.2 Å². The van der Waals surface area contributed by atoms with Crippen molar-refractivity contribution in [2.75, 3.05) is 50.0 Å². The van der Waals surface area contributed by atoms with Gasteiger partial charge < -0.3 is 20.4 Å². The zero-order chi connectivity index (χ0) is 19.9. The second kappa shape index (κ2) is 9.16. The topological polar surface area (TPSA) is 60.0 Å². The molecule has 3 rings (SSSR count). The number of anilines is 2. The van der Waals surface area contributed by atoms with Gasteiger partial charge in [-0.05, 0) is 48.5 Å². The van der Waals surface area contributed by atoms with Crippen molar-refractivity contribution in [3.8, 4) is 0 Å². The molecule has 0 radical (unpaired) electrons. The van der Waals surface area contributed by atoms with E-state index in [2.05, 4.69) is 25.4 Å². The molecule has 2 N–H and O–H groups in total. The number of hydrogen-bond acceptors (Lipinski definition) is 3. The quantitative estimate of drug-likeness (QED) is 0.624. The molecule has 0 unspecified atom stereocenters. The largest absolute Gasteiger partial charge is 0.368 e. The number of aliphatic imine (C=N–C) groups is 1. The number of nitrogens with zero attached hydrogens (tertiary/aromatic N) is 3. The monoisotopic (exact) mass is 387 g/mol. The lowest BCUT2D eigenvalue weighted by Crippen LogP contribution is -2.53. The van der Waals surface area contributed by atoms with Gasteiger partial charge in [0.15, 0.2) is 5.96 Å². The number of piperazine rings is 1. The van der Waals surface area contributed by atoms with Crippen molar-refractivity contribution in [3.63, 3.8) is 0 Å². The number of hydrogen-bond donors (Lipinski definition) is 2. The first-order chi connectivity index (χ1) is 13.5. The fraction of sp³-hybridized carbons (Fsp3) is 0.300. The molecule has 2 aromatic carbocycles. The van der Waals surface area contributed by atoms with Gasteiger partial charge in [-0.2, -0.15) is 0 Å². The number of guanidine groups is 1. The van der Waals surface area contributed by atoms with Crippen LogP contribution in [0.2, 0.25) is 0 Å². The second-order valence-electron chi connectivity index (χ2n) is 6.41. The highest BCUT2D eigenvalue weighted by Gasteiger charge is 2.20. The maximum absolute atomic E-state index is 13.1. The van der Waals surface area contributed by atoms with Gasteiger partial charge >= 0.3 is 0 Å². The fourth-order valence-electron chi connectivity index (χ4n) is 3.06. The molecule has 1 saturated heterocycles. The zero-order valence-electron chi connectivity index (χ0n) is 15.7.